The van der Waals surface area contributed by atoms with Crippen LogP contribution in [0.3, 0.4) is 0 Å². The molecule has 0 aliphatic rings. The summed E-state index contributed by atoms with van der Waals surface area (Å²) in [5.41, 5.74) is 7.91. The van der Waals surface area contributed by atoms with Gasteiger partial charge in [-0.2, -0.15) is 0 Å². The molecular formula is C11H12FN5O2. The third-order valence-corrected chi connectivity index (χ3v) is 2.61. The van der Waals surface area contributed by atoms with E-state index in [1.54, 1.807) is 12.1 Å². The highest BCUT2D eigenvalue weighted by Crippen LogP contribution is 2.21. The number of nitrogens with two attached hydrogens (primary N) is 1. The number of benzene rings is 1. The van der Waals surface area contributed by atoms with E-state index < -0.39 is 5.62 Å². The molecule has 1 aromatic heterocycles. The molecule has 8 heteroatoms. The van der Waals surface area contributed by atoms with Gasteiger partial charge in [0.2, 0.25) is 0 Å². The average Bonchev–Trinajstić information content (AvgIpc) is 2.39. The summed E-state index contributed by atoms with van der Waals surface area (Å²) in [5.74, 6) is -0.598. The van der Waals surface area contributed by atoms with E-state index in [0.717, 1.165) is 5.56 Å². The van der Waals surface area contributed by atoms with Crippen molar-refractivity contribution in [2.75, 3.05) is 11.2 Å². The fourth-order valence-electron chi connectivity index (χ4n) is 1.64. The minimum absolute atomic E-state index is 0.00262. The molecule has 1 aromatic carbocycles. The molecule has 100 valence electrons. The molecule has 1 heterocycles. The lowest BCUT2D eigenvalue weighted by Gasteiger charge is -2.12. The highest BCUT2D eigenvalue weighted by molar-refractivity contribution is 5.63. The Labute approximate surface area is 107 Å². The molecule has 0 amide bonds. The van der Waals surface area contributed by atoms with Gasteiger partial charge in [-0.05, 0) is 17.7 Å². The Morgan fingerprint density at radius 1 is 1.37 bits per heavy atom. The van der Waals surface area contributed by atoms with Gasteiger partial charge in [-0.1, -0.05) is 12.1 Å². The van der Waals surface area contributed by atoms with Gasteiger partial charge in [0.1, 0.15) is 11.5 Å². The van der Waals surface area contributed by atoms with Crippen LogP contribution in [0.15, 0.2) is 24.3 Å². The molecule has 0 aliphatic carbocycles. The van der Waals surface area contributed by atoms with Crippen LogP contribution >= 0.6 is 0 Å². The first-order valence-electron chi connectivity index (χ1n) is 5.32. The SMILES string of the molecule is N=c1nc(Cc2ccc(F)cc2)c(NO)c(N)n1O. The van der Waals surface area contributed by atoms with Crippen LogP contribution in [-0.2, 0) is 6.42 Å². The molecule has 0 saturated heterocycles. The third kappa shape index (κ3) is 2.47. The van der Waals surface area contributed by atoms with Gasteiger partial charge in [0.25, 0.3) is 5.62 Å². The van der Waals surface area contributed by atoms with Gasteiger partial charge in [0.15, 0.2) is 5.82 Å². The van der Waals surface area contributed by atoms with Crippen molar-refractivity contribution in [2.24, 2.45) is 0 Å². The van der Waals surface area contributed by atoms with Crippen molar-refractivity contribution in [1.82, 2.24) is 9.71 Å². The smallest absolute Gasteiger partial charge is 0.257 e. The topological polar surface area (TPSA) is 120 Å². The Bertz CT molecular complexity index is 653. The van der Waals surface area contributed by atoms with E-state index in [1.165, 1.54) is 12.1 Å². The van der Waals surface area contributed by atoms with Gasteiger partial charge >= 0.3 is 0 Å². The van der Waals surface area contributed by atoms with E-state index in [1.807, 2.05) is 5.48 Å². The molecule has 6 N–H and O–H groups in total. The molecule has 0 atom stereocenters. The van der Waals surface area contributed by atoms with Gasteiger partial charge in [0, 0.05) is 6.42 Å². The fraction of sp³-hybridized carbons (Fsp3) is 0.0909. The van der Waals surface area contributed by atoms with E-state index in [-0.39, 0.29) is 29.4 Å². The van der Waals surface area contributed by atoms with E-state index in [2.05, 4.69) is 4.98 Å². The van der Waals surface area contributed by atoms with Crippen LogP contribution in [-0.4, -0.2) is 20.1 Å². The summed E-state index contributed by atoms with van der Waals surface area (Å²) in [6.45, 7) is 0. The van der Waals surface area contributed by atoms with E-state index in [4.69, 9.17) is 16.4 Å². The van der Waals surface area contributed by atoms with Crippen LogP contribution in [0.1, 0.15) is 11.3 Å². The summed E-state index contributed by atoms with van der Waals surface area (Å²) in [5, 5.41) is 25.8. The second-order valence-electron chi connectivity index (χ2n) is 3.87. The van der Waals surface area contributed by atoms with Crippen LogP contribution in [0.25, 0.3) is 0 Å². The zero-order valence-electron chi connectivity index (χ0n) is 9.76. The van der Waals surface area contributed by atoms with Crippen LogP contribution in [0.4, 0.5) is 15.9 Å². The van der Waals surface area contributed by atoms with Crippen molar-refractivity contribution < 1.29 is 14.8 Å². The minimum Gasteiger partial charge on any atom is -0.423 e. The average molecular weight is 265 g/mol. The number of hydrogen-bond acceptors (Lipinski definition) is 6. The lowest BCUT2D eigenvalue weighted by atomic mass is 10.1. The summed E-state index contributed by atoms with van der Waals surface area (Å²) < 4.78 is 13.1. The van der Waals surface area contributed by atoms with E-state index in [0.29, 0.717) is 4.73 Å². The number of anilines is 2. The zero-order valence-corrected chi connectivity index (χ0v) is 9.76. The van der Waals surface area contributed by atoms with Gasteiger partial charge in [-0.25, -0.2) is 9.37 Å². The number of nitrogen functional groups attached to an aromatic ring is 1. The maximum Gasteiger partial charge on any atom is 0.257 e. The van der Waals surface area contributed by atoms with Crippen molar-refractivity contribution in [3.05, 3.63) is 47.0 Å². The monoisotopic (exact) mass is 265 g/mol. The normalized spacial score (nSPS) is 10.4. The number of nitrogens with one attached hydrogen (secondary N) is 2. The van der Waals surface area contributed by atoms with Crippen molar-refractivity contribution in [3.8, 4) is 0 Å². The number of halogens is 1. The minimum atomic E-state index is -0.464. The molecule has 0 aliphatic heterocycles. The van der Waals surface area contributed by atoms with Gasteiger partial charge in [-0.15, -0.1) is 4.73 Å². The summed E-state index contributed by atoms with van der Waals surface area (Å²) in [4.78, 5) is 3.81. The van der Waals surface area contributed by atoms with Crippen LogP contribution < -0.4 is 16.8 Å². The molecule has 0 spiro atoms. The molecule has 0 fully saturated rings. The predicted molar refractivity (Wildman–Crippen MR) is 64.3 cm³/mol. The van der Waals surface area contributed by atoms with Crippen LogP contribution in [0.5, 0.6) is 0 Å². The molecule has 2 rings (SSSR count). The van der Waals surface area contributed by atoms with Crippen molar-refractivity contribution >= 4 is 11.5 Å². The molecule has 19 heavy (non-hydrogen) atoms. The Balaban J connectivity index is 2.45. The number of nitrogens with zero attached hydrogens (tertiary/aromatic N) is 2. The van der Waals surface area contributed by atoms with Gasteiger partial charge in [0.05, 0.1) is 5.69 Å². The second kappa shape index (κ2) is 4.94. The lowest BCUT2D eigenvalue weighted by molar-refractivity contribution is 0.171. The Kier molecular flexibility index (Phi) is 3.34. The standard InChI is InChI=1S/C11H12FN5O2/c12-7-3-1-6(2-4-7)5-8-9(16-18)10(13)17(19)11(14)15-8/h1-4,14,16,18-19H,5,13H2. The summed E-state index contributed by atoms with van der Waals surface area (Å²) in [6.07, 6.45) is 0.222. The molecule has 0 unspecified atom stereocenters. The fourth-order valence-corrected chi connectivity index (χ4v) is 1.64. The first-order chi connectivity index (χ1) is 9.02. The van der Waals surface area contributed by atoms with E-state index in [9.17, 15) is 9.60 Å². The molecular weight excluding hydrogens is 253 g/mol. The maximum atomic E-state index is 12.8. The quantitative estimate of drug-likeness (QED) is 0.413. The van der Waals surface area contributed by atoms with Gasteiger partial charge < -0.3 is 10.9 Å². The number of hydrogen-bond donors (Lipinski definition) is 5. The van der Waals surface area contributed by atoms with Gasteiger partial charge in [-0.3, -0.25) is 16.1 Å². The number of aromatic nitrogens is 2. The number of rotatable bonds is 3. The van der Waals surface area contributed by atoms with Crippen LogP contribution in [0, 0.1) is 11.2 Å². The second-order valence-corrected chi connectivity index (χ2v) is 3.87. The molecule has 0 saturated carbocycles. The molecule has 2 aromatic rings. The Morgan fingerprint density at radius 2 is 2.00 bits per heavy atom. The predicted octanol–water partition coefficient (Wildman–Crippen LogP) is 0.713. The lowest BCUT2D eigenvalue weighted by Crippen LogP contribution is -2.27. The summed E-state index contributed by atoms with van der Waals surface area (Å²) >= 11 is 0. The largest absolute Gasteiger partial charge is 0.423 e. The maximum absolute atomic E-state index is 12.8. The Hall–Kier alpha value is -2.61. The van der Waals surface area contributed by atoms with Crippen molar-refractivity contribution in [3.63, 3.8) is 0 Å². The molecule has 0 bridgehead atoms. The first-order valence-corrected chi connectivity index (χ1v) is 5.32. The zero-order chi connectivity index (χ0) is 14.0. The highest BCUT2D eigenvalue weighted by atomic mass is 19.1. The van der Waals surface area contributed by atoms with Crippen molar-refractivity contribution in [1.29, 1.82) is 5.41 Å². The molecule has 7 nitrogen and oxygen atoms in total. The Morgan fingerprint density at radius 3 is 2.58 bits per heavy atom. The third-order valence-electron chi connectivity index (χ3n) is 2.61. The van der Waals surface area contributed by atoms with E-state index >= 15 is 0 Å². The molecule has 0 radical (unpaired) electrons. The highest BCUT2D eigenvalue weighted by Gasteiger charge is 2.13. The summed E-state index contributed by atoms with van der Waals surface area (Å²) in [7, 11) is 0. The van der Waals surface area contributed by atoms with Crippen LogP contribution in [0.2, 0.25) is 0 Å². The van der Waals surface area contributed by atoms with Crippen molar-refractivity contribution in [2.45, 2.75) is 6.42 Å². The summed E-state index contributed by atoms with van der Waals surface area (Å²) in [6, 6.07) is 5.69. The first kappa shape index (κ1) is 12.8.